The number of anilines is 2. The summed E-state index contributed by atoms with van der Waals surface area (Å²) in [5, 5.41) is 13.9. The van der Waals surface area contributed by atoms with Crippen LogP contribution in [0.1, 0.15) is 19.8 Å². The van der Waals surface area contributed by atoms with Gasteiger partial charge < -0.3 is 16.0 Å². The molecular weight excluding hydrogens is 248 g/mol. The van der Waals surface area contributed by atoms with E-state index >= 15 is 0 Å². The second-order valence-electron chi connectivity index (χ2n) is 4.77. The molecule has 0 aliphatic carbocycles. The largest absolute Gasteiger partial charge is 0.368 e. The minimum Gasteiger partial charge on any atom is -0.368 e. The summed E-state index contributed by atoms with van der Waals surface area (Å²) < 4.78 is 0. The van der Waals surface area contributed by atoms with Crippen molar-refractivity contribution in [2.75, 3.05) is 30.7 Å². The van der Waals surface area contributed by atoms with Crippen molar-refractivity contribution < 1.29 is 4.92 Å². The van der Waals surface area contributed by atoms with Gasteiger partial charge in [-0.15, -0.1) is 0 Å². The van der Waals surface area contributed by atoms with Crippen molar-refractivity contribution in [3.63, 3.8) is 0 Å². The maximum absolute atomic E-state index is 10.9. The predicted molar refractivity (Wildman–Crippen MR) is 71.9 cm³/mol. The Bertz CT molecular complexity index is 460. The molecule has 0 radical (unpaired) electrons. The summed E-state index contributed by atoms with van der Waals surface area (Å²) >= 11 is 0. The van der Waals surface area contributed by atoms with Gasteiger partial charge in [-0.05, 0) is 32.9 Å². The molecular formula is C11H18N6O2. The smallest absolute Gasteiger partial charge is 0.329 e. The standard InChI is InChI=1S/C11H18N6O2/c1-8(7-16-4-2-3-5-16)14-10-9(17(18)19)6-13-11(12)15-10/h6,8H,2-5,7H2,1H3,(H3,12,13,14,15). The van der Waals surface area contributed by atoms with Crippen molar-refractivity contribution in [1.82, 2.24) is 14.9 Å². The van der Waals surface area contributed by atoms with E-state index < -0.39 is 4.92 Å². The van der Waals surface area contributed by atoms with Crippen LogP contribution >= 0.6 is 0 Å². The first-order valence-electron chi connectivity index (χ1n) is 6.32. The Kier molecular flexibility index (Phi) is 4.10. The van der Waals surface area contributed by atoms with E-state index in [2.05, 4.69) is 20.2 Å². The molecule has 0 aromatic carbocycles. The molecule has 1 aliphatic rings. The minimum absolute atomic E-state index is 0.0291. The van der Waals surface area contributed by atoms with Crippen LogP contribution in [0.15, 0.2) is 6.20 Å². The zero-order chi connectivity index (χ0) is 13.8. The van der Waals surface area contributed by atoms with Crippen LogP contribution in [0.2, 0.25) is 0 Å². The van der Waals surface area contributed by atoms with Gasteiger partial charge in [-0.25, -0.2) is 4.98 Å². The molecule has 0 spiro atoms. The van der Waals surface area contributed by atoms with E-state index in [9.17, 15) is 10.1 Å². The average molecular weight is 266 g/mol. The van der Waals surface area contributed by atoms with Gasteiger partial charge in [-0.2, -0.15) is 4.98 Å². The van der Waals surface area contributed by atoms with E-state index in [0.717, 1.165) is 25.8 Å². The SMILES string of the molecule is CC(CN1CCCC1)Nc1nc(N)ncc1[N+](=O)[O-]. The highest BCUT2D eigenvalue weighted by molar-refractivity contribution is 5.56. The summed E-state index contributed by atoms with van der Waals surface area (Å²) in [6.07, 6.45) is 3.56. The maximum Gasteiger partial charge on any atom is 0.329 e. The molecule has 2 rings (SSSR count). The Balaban J connectivity index is 2.04. The van der Waals surface area contributed by atoms with Crippen molar-refractivity contribution in [2.45, 2.75) is 25.8 Å². The highest BCUT2D eigenvalue weighted by atomic mass is 16.6. The minimum atomic E-state index is -0.510. The molecule has 0 saturated carbocycles. The molecule has 19 heavy (non-hydrogen) atoms. The third kappa shape index (κ3) is 3.50. The molecule has 8 heteroatoms. The third-order valence-corrected chi connectivity index (χ3v) is 3.10. The molecule has 1 atom stereocenters. The molecule has 1 aromatic rings. The molecule has 1 aromatic heterocycles. The van der Waals surface area contributed by atoms with Crippen LogP contribution in [0.25, 0.3) is 0 Å². The fourth-order valence-electron chi connectivity index (χ4n) is 2.26. The number of rotatable bonds is 5. The van der Waals surface area contributed by atoms with E-state index in [1.807, 2.05) is 6.92 Å². The van der Waals surface area contributed by atoms with Crippen molar-refractivity contribution in [3.05, 3.63) is 16.3 Å². The Morgan fingerprint density at radius 1 is 1.58 bits per heavy atom. The number of likely N-dealkylation sites (tertiary alicyclic amines) is 1. The summed E-state index contributed by atoms with van der Waals surface area (Å²) in [6.45, 7) is 4.97. The lowest BCUT2D eigenvalue weighted by Crippen LogP contribution is -2.33. The first-order valence-corrected chi connectivity index (χ1v) is 6.32. The highest BCUT2D eigenvalue weighted by Crippen LogP contribution is 2.22. The lowest BCUT2D eigenvalue weighted by molar-refractivity contribution is -0.384. The van der Waals surface area contributed by atoms with Gasteiger partial charge in [0.25, 0.3) is 0 Å². The van der Waals surface area contributed by atoms with Gasteiger partial charge in [0, 0.05) is 12.6 Å². The molecule has 0 amide bonds. The number of hydrogen-bond acceptors (Lipinski definition) is 7. The van der Waals surface area contributed by atoms with Crippen LogP contribution in [0.3, 0.4) is 0 Å². The van der Waals surface area contributed by atoms with Crippen LogP contribution in [0.5, 0.6) is 0 Å². The van der Waals surface area contributed by atoms with Crippen molar-refractivity contribution in [1.29, 1.82) is 0 Å². The lowest BCUT2D eigenvalue weighted by Gasteiger charge is -2.21. The van der Waals surface area contributed by atoms with Crippen molar-refractivity contribution in [2.24, 2.45) is 0 Å². The topological polar surface area (TPSA) is 110 Å². The predicted octanol–water partition coefficient (Wildman–Crippen LogP) is 0.863. The Morgan fingerprint density at radius 2 is 2.26 bits per heavy atom. The van der Waals surface area contributed by atoms with Crippen molar-refractivity contribution >= 4 is 17.5 Å². The molecule has 3 N–H and O–H groups in total. The van der Waals surface area contributed by atoms with Crippen LogP contribution in [0.4, 0.5) is 17.5 Å². The van der Waals surface area contributed by atoms with Crippen LogP contribution in [-0.4, -0.2) is 45.5 Å². The van der Waals surface area contributed by atoms with E-state index in [0.29, 0.717) is 0 Å². The Labute approximate surface area is 111 Å². The number of nitrogens with one attached hydrogen (secondary N) is 1. The van der Waals surface area contributed by atoms with Crippen LogP contribution in [0, 0.1) is 10.1 Å². The first-order chi connectivity index (χ1) is 9.06. The van der Waals surface area contributed by atoms with Gasteiger partial charge in [-0.1, -0.05) is 0 Å². The fourth-order valence-corrected chi connectivity index (χ4v) is 2.26. The lowest BCUT2D eigenvalue weighted by atomic mass is 10.3. The zero-order valence-electron chi connectivity index (χ0n) is 10.9. The van der Waals surface area contributed by atoms with Gasteiger partial charge in [0.2, 0.25) is 11.8 Å². The second-order valence-corrected chi connectivity index (χ2v) is 4.77. The van der Waals surface area contributed by atoms with Crippen LogP contribution < -0.4 is 11.1 Å². The van der Waals surface area contributed by atoms with Crippen LogP contribution in [-0.2, 0) is 0 Å². The molecule has 0 bridgehead atoms. The maximum atomic E-state index is 10.9. The van der Waals surface area contributed by atoms with Gasteiger partial charge in [0.1, 0.15) is 6.20 Å². The molecule has 8 nitrogen and oxygen atoms in total. The fraction of sp³-hybridized carbons (Fsp3) is 0.636. The van der Waals surface area contributed by atoms with E-state index in [1.54, 1.807) is 0 Å². The summed E-state index contributed by atoms with van der Waals surface area (Å²) in [6, 6.07) is 0.0612. The number of aromatic nitrogens is 2. The first kappa shape index (κ1) is 13.5. The van der Waals surface area contributed by atoms with Gasteiger partial charge in [0.15, 0.2) is 0 Å². The molecule has 1 unspecified atom stereocenters. The Hall–Kier alpha value is -1.96. The summed E-state index contributed by atoms with van der Waals surface area (Å²) in [5.74, 6) is 0.214. The van der Waals surface area contributed by atoms with E-state index in [4.69, 9.17) is 5.73 Å². The van der Waals surface area contributed by atoms with Gasteiger partial charge in [-0.3, -0.25) is 10.1 Å². The molecule has 1 fully saturated rings. The van der Waals surface area contributed by atoms with Crippen molar-refractivity contribution in [3.8, 4) is 0 Å². The molecule has 2 heterocycles. The molecule has 1 aliphatic heterocycles. The number of nitrogens with two attached hydrogens (primary N) is 1. The highest BCUT2D eigenvalue weighted by Gasteiger charge is 2.20. The number of nitrogen functional groups attached to an aromatic ring is 1. The summed E-state index contributed by atoms with van der Waals surface area (Å²) in [5.41, 5.74) is 5.32. The third-order valence-electron chi connectivity index (χ3n) is 3.10. The Morgan fingerprint density at radius 3 is 2.89 bits per heavy atom. The number of nitrogens with zero attached hydrogens (tertiary/aromatic N) is 4. The number of nitro groups is 1. The molecule has 1 saturated heterocycles. The second kappa shape index (κ2) is 5.79. The quantitative estimate of drug-likeness (QED) is 0.600. The van der Waals surface area contributed by atoms with E-state index in [1.165, 1.54) is 12.8 Å². The normalized spacial score (nSPS) is 17.3. The number of hydrogen-bond donors (Lipinski definition) is 2. The van der Waals surface area contributed by atoms with Gasteiger partial charge in [0.05, 0.1) is 4.92 Å². The molecule has 104 valence electrons. The average Bonchev–Trinajstić information content (AvgIpc) is 2.81. The van der Waals surface area contributed by atoms with Gasteiger partial charge >= 0.3 is 5.69 Å². The zero-order valence-corrected chi connectivity index (χ0v) is 10.9. The monoisotopic (exact) mass is 266 g/mol. The summed E-state index contributed by atoms with van der Waals surface area (Å²) in [4.78, 5) is 20.3. The van der Waals surface area contributed by atoms with E-state index in [-0.39, 0.29) is 23.5 Å². The summed E-state index contributed by atoms with van der Waals surface area (Å²) in [7, 11) is 0.